The molecule has 0 saturated carbocycles. The molecular formula is C13H20N2O3S2. The first kappa shape index (κ1) is 17.0. The van der Waals surface area contributed by atoms with E-state index in [1.165, 1.54) is 0 Å². The van der Waals surface area contributed by atoms with Crippen LogP contribution in [0.5, 0.6) is 0 Å². The van der Waals surface area contributed by atoms with Crippen LogP contribution in [0.4, 0.5) is 5.69 Å². The third kappa shape index (κ3) is 5.94. The molecule has 0 bridgehead atoms. The molecule has 1 aromatic rings. The summed E-state index contributed by atoms with van der Waals surface area (Å²) in [5, 5.41) is 2.87. The fraction of sp³-hybridized carbons (Fsp3) is 0.462. The topological polar surface area (TPSA) is 66.5 Å². The molecule has 0 radical (unpaired) electrons. The van der Waals surface area contributed by atoms with E-state index in [4.69, 9.17) is 0 Å². The number of benzene rings is 1. The first-order chi connectivity index (χ1) is 9.19. The first-order valence-corrected chi connectivity index (χ1v) is 9.47. The smallest absolute Gasteiger partial charge is 0.238 e. The van der Waals surface area contributed by atoms with Crippen LogP contribution < -0.4 is 5.32 Å². The third-order valence-electron chi connectivity index (χ3n) is 2.65. The van der Waals surface area contributed by atoms with Crippen molar-refractivity contribution in [2.75, 3.05) is 31.0 Å². The highest BCUT2D eigenvalue weighted by Crippen LogP contribution is 2.19. The van der Waals surface area contributed by atoms with Gasteiger partial charge in [0, 0.05) is 11.9 Å². The maximum Gasteiger partial charge on any atom is 0.238 e. The van der Waals surface area contributed by atoms with Crippen molar-refractivity contribution in [3.05, 3.63) is 29.3 Å². The Morgan fingerprint density at radius 2 is 1.85 bits per heavy atom. The zero-order valence-corrected chi connectivity index (χ0v) is 13.8. The molecule has 1 aromatic carbocycles. The van der Waals surface area contributed by atoms with Gasteiger partial charge in [-0.1, -0.05) is 18.2 Å². The Kier molecular flexibility index (Phi) is 6.04. The summed E-state index contributed by atoms with van der Waals surface area (Å²) >= 11 is 0. The summed E-state index contributed by atoms with van der Waals surface area (Å²) in [5.74, 6) is 0.109. The fourth-order valence-corrected chi connectivity index (χ4v) is 3.24. The molecule has 5 nitrogen and oxygen atoms in total. The van der Waals surface area contributed by atoms with Gasteiger partial charge in [0.25, 0.3) is 0 Å². The van der Waals surface area contributed by atoms with Gasteiger partial charge in [-0.2, -0.15) is 0 Å². The number of hydrogen-bond acceptors (Lipinski definition) is 5. The lowest BCUT2D eigenvalue weighted by Crippen LogP contribution is -2.30. The molecule has 1 rings (SSSR count). The van der Waals surface area contributed by atoms with Crippen LogP contribution in [0.1, 0.15) is 11.1 Å². The fourth-order valence-electron chi connectivity index (χ4n) is 1.67. The number of hydrogen-bond donors (Lipinski definition) is 1. The Balaban J connectivity index is 2.56. The Morgan fingerprint density at radius 3 is 2.35 bits per heavy atom. The molecule has 0 spiro atoms. The van der Waals surface area contributed by atoms with Crippen LogP contribution >= 0.6 is 10.8 Å². The molecule has 0 aliphatic heterocycles. The normalized spacial score (nSPS) is 11.7. The average molecular weight is 316 g/mol. The Labute approximate surface area is 124 Å². The predicted molar refractivity (Wildman–Crippen MR) is 84.5 cm³/mol. The summed E-state index contributed by atoms with van der Waals surface area (Å²) in [6.45, 7) is 4.02. The minimum absolute atomic E-state index is 0.149. The van der Waals surface area contributed by atoms with Crippen LogP contribution in [0.3, 0.4) is 0 Å². The number of carbonyl (C=O) groups is 1. The van der Waals surface area contributed by atoms with E-state index in [1.807, 2.05) is 32.0 Å². The summed E-state index contributed by atoms with van der Waals surface area (Å²) < 4.78 is 22.1. The molecule has 7 heteroatoms. The number of anilines is 1. The number of para-hydroxylation sites is 1. The Bertz CT molecular complexity index is 565. The second kappa shape index (κ2) is 7.10. The molecule has 0 heterocycles. The average Bonchev–Trinajstić information content (AvgIpc) is 2.31. The van der Waals surface area contributed by atoms with Crippen molar-refractivity contribution in [3.63, 3.8) is 0 Å². The van der Waals surface area contributed by atoms with Crippen LogP contribution in [0, 0.1) is 13.8 Å². The van der Waals surface area contributed by atoms with Gasteiger partial charge in [0.15, 0.2) is 8.87 Å². The molecule has 1 amide bonds. The van der Waals surface area contributed by atoms with Crippen molar-refractivity contribution in [2.24, 2.45) is 0 Å². The van der Waals surface area contributed by atoms with E-state index in [9.17, 15) is 13.2 Å². The minimum atomic E-state index is -3.08. The van der Waals surface area contributed by atoms with Crippen LogP contribution in [-0.4, -0.2) is 44.9 Å². The van der Waals surface area contributed by atoms with Gasteiger partial charge < -0.3 is 5.32 Å². The van der Waals surface area contributed by atoms with Crippen molar-refractivity contribution in [3.8, 4) is 0 Å². The van der Waals surface area contributed by atoms with Crippen LogP contribution in [-0.2, 0) is 13.7 Å². The van der Waals surface area contributed by atoms with E-state index in [0.717, 1.165) is 33.9 Å². The maximum atomic E-state index is 11.9. The van der Waals surface area contributed by atoms with Crippen LogP contribution in [0.2, 0.25) is 0 Å². The van der Waals surface area contributed by atoms with E-state index in [-0.39, 0.29) is 18.3 Å². The molecule has 112 valence electrons. The number of nitrogens with zero attached hydrogens (tertiary/aromatic N) is 1. The zero-order chi connectivity index (χ0) is 15.3. The van der Waals surface area contributed by atoms with E-state index >= 15 is 0 Å². The van der Waals surface area contributed by atoms with E-state index < -0.39 is 8.87 Å². The van der Waals surface area contributed by atoms with Gasteiger partial charge >= 0.3 is 0 Å². The second-order valence-corrected chi connectivity index (χ2v) is 9.21. The van der Waals surface area contributed by atoms with Gasteiger partial charge in [0.2, 0.25) is 5.91 Å². The van der Waals surface area contributed by atoms with Crippen molar-refractivity contribution in [1.29, 1.82) is 0 Å². The number of rotatable bonds is 6. The number of aryl methyl sites for hydroxylation is 2. The summed E-state index contributed by atoms with van der Waals surface area (Å²) in [6.07, 6.45) is 1.16. The van der Waals surface area contributed by atoms with Crippen molar-refractivity contribution in [2.45, 2.75) is 13.8 Å². The molecule has 0 saturated heterocycles. The van der Waals surface area contributed by atoms with Crippen molar-refractivity contribution < 1.29 is 13.2 Å². The van der Waals surface area contributed by atoms with E-state index in [1.54, 1.807) is 11.9 Å². The van der Waals surface area contributed by atoms with E-state index in [2.05, 4.69) is 5.32 Å². The van der Waals surface area contributed by atoms with Crippen LogP contribution in [0.15, 0.2) is 18.2 Å². The third-order valence-corrected chi connectivity index (χ3v) is 5.22. The number of nitrogens with one attached hydrogen (secondary N) is 1. The SMILES string of the molecule is Cc1cccc(C)c1NC(=O)CN(C)CSS(C)(=O)=O. The highest BCUT2D eigenvalue weighted by Gasteiger charge is 2.12. The Morgan fingerprint density at radius 1 is 1.30 bits per heavy atom. The quantitative estimate of drug-likeness (QED) is 0.640. The first-order valence-electron chi connectivity index (χ1n) is 6.08. The lowest BCUT2D eigenvalue weighted by atomic mass is 10.1. The molecule has 0 fully saturated rings. The van der Waals surface area contributed by atoms with Crippen molar-refractivity contribution >= 4 is 31.3 Å². The number of amides is 1. The van der Waals surface area contributed by atoms with Gasteiger partial charge in [0.05, 0.1) is 12.4 Å². The molecule has 0 aliphatic carbocycles. The second-order valence-electron chi connectivity index (χ2n) is 4.78. The molecule has 0 unspecified atom stereocenters. The highest BCUT2D eigenvalue weighted by molar-refractivity contribution is 8.71. The van der Waals surface area contributed by atoms with Gasteiger partial charge in [0.1, 0.15) is 0 Å². The van der Waals surface area contributed by atoms with E-state index in [0.29, 0.717) is 0 Å². The van der Waals surface area contributed by atoms with Gasteiger partial charge in [-0.3, -0.25) is 9.69 Å². The number of likely N-dealkylation sites (N-methyl/N-ethyl adjacent to an activating group) is 1. The predicted octanol–water partition coefficient (Wildman–Crippen LogP) is 1.82. The van der Waals surface area contributed by atoms with Gasteiger partial charge in [-0.25, -0.2) is 8.42 Å². The Hall–Kier alpha value is -1.05. The largest absolute Gasteiger partial charge is 0.324 e. The molecule has 0 atom stereocenters. The number of carbonyl (C=O) groups excluding carboxylic acids is 1. The van der Waals surface area contributed by atoms with Gasteiger partial charge in [-0.05, 0) is 42.8 Å². The zero-order valence-electron chi connectivity index (χ0n) is 12.1. The molecule has 20 heavy (non-hydrogen) atoms. The lowest BCUT2D eigenvalue weighted by molar-refractivity contribution is -0.116. The molecular weight excluding hydrogens is 296 g/mol. The monoisotopic (exact) mass is 316 g/mol. The summed E-state index contributed by atoms with van der Waals surface area (Å²) in [4.78, 5) is 13.6. The van der Waals surface area contributed by atoms with Crippen LogP contribution in [0.25, 0.3) is 0 Å². The highest BCUT2D eigenvalue weighted by atomic mass is 33.1. The lowest BCUT2D eigenvalue weighted by Gasteiger charge is -2.16. The molecule has 1 N–H and O–H groups in total. The summed E-state index contributed by atoms with van der Waals surface area (Å²) in [6, 6.07) is 5.81. The summed E-state index contributed by atoms with van der Waals surface area (Å²) in [7, 11) is -0.559. The molecule has 0 aliphatic rings. The molecule has 0 aromatic heterocycles. The minimum Gasteiger partial charge on any atom is -0.324 e. The maximum absolute atomic E-state index is 11.9. The van der Waals surface area contributed by atoms with Crippen molar-refractivity contribution in [1.82, 2.24) is 4.90 Å². The van der Waals surface area contributed by atoms with Gasteiger partial charge in [-0.15, -0.1) is 0 Å². The standard InChI is InChI=1S/C13H20N2O3S2/c1-10-6-5-7-11(2)13(10)14-12(16)8-15(3)9-19-20(4,17)18/h5-7H,8-9H2,1-4H3,(H,14,16). The summed E-state index contributed by atoms with van der Waals surface area (Å²) in [5.41, 5.74) is 2.83.